The maximum absolute atomic E-state index is 11.4. The van der Waals surface area contributed by atoms with E-state index in [2.05, 4.69) is 27.2 Å². The Hall–Kier alpha value is -2.44. The van der Waals surface area contributed by atoms with Crippen LogP contribution in [0, 0.1) is 6.92 Å². The van der Waals surface area contributed by atoms with Gasteiger partial charge >= 0.3 is 0 Å². The number of amides is 2. The SMILES string of the molecule is C=CC(=O)NC1CCC(Nc2nc(C)ncc2C(N)=O)CC1. The van der Waals surface area contributed by atoms with E-state index < -0.39 is 5.91 Å². The van der Waals surface area contributed by atoms with E-state index >= 15 is 0 Å². The molecular formula is C15H21N5O2. The minimum atomic E-state index is -0.547. The van der Waals surface area contributed by atoms with E-state index in [1.165, 1.54) is 12.3 Å². The molecule has 0 radical (unpaired) electrons. The van der Waals surface area contributed by atoms with Crippen LogP contribution in [0.1, 0.15) is 41.9 Å². The maximum atomic E-state index is 11.4. The molecule has 1 aliphatic rings. The number of nitrogens with zero attached hydrogens (tertiary/aromatic N) is 2. The molecule has 22 heavy (non-hydrogen) atoms. The lowest BCUT2D eigenvalue weighted by Crippen LogP contribution is -2.39. The fourth-order valence-electron chi connectivity index (χ4n) is 2.60. The Labute approximate surface area is 129 Å². The highest BCUT2D eigenvalue weighted by Gasteiger charge is 2.23. The minimum Gasteiger partial charge on any atom is -0.367 e. The van der Waals surface area contributed by atoms with Gasteiger partial charge in [-0.3, -0.25) is 9.59 Å². The minimum absolute atomic E-state index is 0.140. The van der Waals surface area contributed by atoms with Crippen molar-refractivity contribution >= 4 is 17.6 Å². The summed E-state index contributed by atoms with van der Waals surface area (Å²) in [6.07, 6.45) is 6.23. The summed E-state index contributed by atoms with van der Waals surface area (Å²) < 4.78 is 0. The number of rotatable bonds is 5. The summed E-state index contributed by atoms with van der Waals surface area (Å²) in [5, 5.41) is 6.18. The molecule has 0 saturated heterocycles. The highest BCUT2D eigenvalue weighted by atomic mass is 16.1. The van der Waals surface area contributed by atoms with Crippen LogP contribution in [0.2, 0.25) is 0 Å². The molecule has 7 heteroatoms. The van der Waals surface area contributed by atoms with E-state index in [0.29, 0.717) is 17.2 Å². The second-order valence-corrected chi connectivity index (χ2v) is 5.45. The topological polar surface area (TPSA) is 110 Å². The molecule has 1 heterocycles. The van der Waals surface area contributed by atoms with Gasteiger partial charge in [0.1, 0.15) is 11.6 Å². The third-order valence-electron chi connectivity index (χ3n) is 3.77. The number of carbonyl (C=O) groups is 2. The number of aryl methyl sites for hydroxylation is 1. The fraction of sp³-hybridized carbons (Fsp3) is 0.467. The van der Waals surface area contributed by atoms with E-state index in [1.54, 1.807) is 6.92 Å². The lowest BCUT2D eigenvalue weighted by molar-refractivity contribution is -0.117. The first-order valence-electron chi connectivity index (χ1n) is 7.32. The smallest absolute Gasteiger partial charge is 0.254 e. The molecular weight excluding hydrogens is 282 g/mol. The van der Waals surface area contributed by atoms with Crippen molar-refractivity contribution in [2.24, 2.45) is 5.73 Å². The van der Waals surface area contributed by atoms with Gasteiger partial charge in [0.05, 0.1) is 5.56 Å². The van der Waals surface area contributed by atoms with Crippen LogP contribution >= 0.6 is 0 Å². The highest BCUT2D eigenvalue weighted by molar-refractivity contribution is 5.97. The zero-order valence-electron chi connectivity index (χ0n) is 12.6. The van der Waals surface area contributed by atoms with Gasteiger partial charge in [-0.05, 0) is 38.7 Å². The van der Waals surface area contributed by atoms with Gasteiger partial charge in [-0.1, -0.05) is 6.58 Å². The third kappa shape index (κ3) is 4.03. The van der Waals surface area contributed by atoms with Crippen LogP contribution in [0.5, 0.6) is 0 Å². The number of nitrogens with one attached hydrogen (secondary N) is 2. The number of hydrogen-bond donors (Lipinski definition) is 3. The van der Waals surface area contributed by atoms with Crippen molar-refractivity contribution in [3.05, 3.63) is 30.2 Å². The monoisotopic (exact) mass is 303 g/mol. The van der Waals surface area contributed by atoms with Crippen LogP contribution in [0.4, 0.5) is 5.82 Å². The highest BCUT2D eigenvalue weighted by Crippen LogP contribution is 2.23. The average Bonchev–Trinajstić information content (AvgIpc) is 2.49. The van der Waals surface area contributed by atoms with Crippen LogP contribution in [-0.2, 0) is 4.79 Å². The van der Waals surface area contributed by atoms with Crippen LogP contribution in [-0.4, -0.2) is 33.9 Å². The second kappa shape index (κ2) is 7.02. The predicted molar refractivity (Wildman–Crippen MR) is 83.3 cm³/mol. The zero-order valence-corrected chi connectivity index (χ0v) is 12.6. The van der Waals surface area contributed by atoms with E-state index in [0.717, 1.165) is 25.7 Å². The molecule has 1 saturated carbocycles. The molecule has 2 amide bonds. The Balaban J connectivity index is 1.96. The van der Waals surface area contributed by atoms with Gasteiger partial charge in [-0.25, -0.2) is 9.97 Å². The molecule has 0 aliphatic heterocycles. The van der Waals surface area contributed by atoms with Gasteiger partial charge in [0, 0.05) is 18.3 Å². The number of hydrogen-bond acceptors (Lipinski definition) is 5. The van der Waals surface area contributed by atoms with Gasteiger partial charge in [-0.15, -0.1) is 0 Å². The Kier molecular flexibility index (Phi) is 5.08. The first-order valence-corrected chi connectivity index (χ1v) is 7.32. The molecule has 1 fully saturated rings. The lowest BCUT2D eigenvalue weighted by atomic mass is 9.91. The normalized spacial score (nSPS) is 21.0. The Morgan fingerprint density at radius 3 is 2.55 bits per heavy atom. The lowest BCUT2D eigenvalue weighted by Gasteiger charge is -2.30. The second-order valence-electron chi connectivity index (χ2n) is 5.45. The molecule has 7 nitrogen and oxygen atoms in total. The van der Waals surface area contributed by atoms with Gasteiger partial charge in [0.25, 0.3) is 5.91 Å². The number of nitrogens with two attached hydrogens (primary N) is 1. The summed E-state index contributed by atoms with van der Waals surface area (Å²) in [6.45, 7) is 5.21. The molecule has 118 valence electrons. The van der Waals surface area contributed by atoms with Gasteiger partial charge in [-0.2, -0.15) is 0 Å². The molecule has 1 aromatic rings. The summed E-state index contributed by atoms with van der Waals surface area (Å²) in [6, 6.07) is 0.371. The van der Waals surface area contributed by atoms with Gasteiger partial charge in [0.15, 0.2) is 0 Å². The molecule has 0 bridgehead atoms. The summed E-state index contributed by atoms with van der Waals surface area (Å²) in [5.41, 5.74) is 5.64. The summed E-state index contributed by atoms with van der Waals surface area (Å²) in [5.74, 6) is 0.381. The van der Waals surface area contributed by atoms with E-state index in [1.807, 2.05) is 0 Å². The van der Waals surface area contributed by atoms with Gasteiger partial charge in [0.2, 0.25) is 5.91 Å². The quantitative estimate of drug-likeness (QED) is 0.700. The molecule has 0 aromatic carbocycles. The Bertz CT molecular complexity index is 579. The van der Waals surface area contributed by atoms with E-state index in [9.17, 15) is 9.59 Å². The molecule has 0 spiro atoms. The molecule has 0 atom stereocenters. The summed E-state index contributed by atoms with van der Waals surface area (Å²) in [7, 11) is 0. The zero-order chi connectivity index (χ0) is 16.1. The first-order chi connectivity index (χ1) is 10.5. The molecule has 4 N–H and O–H groups in total. The van der Waals surface area contributed by atoms with E-state index in [-0.39, 0.29) is 18.0 Å². The summed E-state index contributed by atoms with van der Waals surface area (Å²) in [4.78, 5) is 31.0. The fourth-order valence-corrected chi connectivity index (χ4v) is 2.60. The predicted octanol–water partition coefficient (Wildman–Crippen LogP) is 0.909. The van der Waals surface area contributed by atoms with Crippen molar-refractivity contribution in [1.29, 1.82) is 0 Å². The van der Waals surface area contributed by atoms with Gasteiger partial charge < -0.3 is 16.4 Å². The van der Waals surface area contributed by atoms with Crippen molar-refractivity contribution in [3.8, 4) is 0 Å². The molecule has 2 rings (SSSR count). The molecule has 1 aromatic heterocycles. The van der Waals surface area contributed by atoms with Crippen molar-refractivity contribution in [3.63, 3.8) is 0 Å². The number of aromatic nitrogens is 2. The van der Waals surface area contributed by atoms with Crippen molar-refractivity contribution in [1.82, 2.24) is 15.3 Å². The van der Waals surface area contributed by atoms with Crippen molar-refractivity contribution in [2.75, 3.05) is 5.32 Å². The van der Waals surface area contributed by atoms with Crippen LogP contribution in [0.25, 0.3) is 0 Å². The summed E-state index contributed by atoms with van der Waals surface area (Å²) >= 11 is 0. The maximum Gasteiger partial charge on any atom is 0.254 e. The van der Waals surface area contributed by atoms with Crippen LogP contribution < -0.4 is 16.4 Å². The van der Waals surface area contributed by atoms with E-state index in [4.69, 9.17) is 5.73 Å². The number of primary amides is 1. The number of carbonyl (C=O) groups excluding carboxylic acids is 2. The van der Waals surface area contributed by atoms with Crippen molar-refractivity contribution < 1.29 is 9.59 Å². The standard InChI is InChI=1S/C15H21N5O2/c1-3-13(21)19-10-4-6-11(7-5-10)20-15-12(14(16)22)8-17-9(2)18-15/h3,8,10-11H,1,4-7H2,2H3,(H2,16,22)(H,19,21)(H,17,18,20). The largest absolute Gasteiger partial charge is 0.367 e. The van der Waals surface area contributed by atoms with Crippen LogP contribution in [0.15, 0.2) is 18.9 Å². The van der Waals surface area contributed by atoms with Crippen molar-refractivity contribution in [2.45, 2.75) is 44.7 Å². The molecule has 0 unspecified atom stereocenters. The molecule has 1 aliphatic carbocycles. The Morgan fingerprint density at radius 2 is 1.95 bits per heavy atom. The first kappa shape index (κ1) is 15.9. The third-order valence-corrected chi connectivity index (χ3v) is 3.77. The van der Waals surface area contributed by atoms with Crippen LogP contribution in [0.3, 0.4) is 0 Å². The Morgan fingerprint density at radius 1 is 1.32 bits per heavy atom. The average molecular weight is 303 g/mol. The number of anilines is 1.